The highest BCUT2D eigenvalue weighted by atomic mass is 19.4. The molecule has 1 saturated carbocycles. The van der Waals surface area contributed by atoms with E-state index in [2.05, 4.69) is 19.8 Å². The van der Waals surface area contributed by atoms with E-state index in [1.807, 2.05) is 0 Å². The first kappa shape index (κ1) is 22.4. The highest BCUT2D eigenvalue weighted by Crippen LogP contribution is 2.48. The number of hydrogen-bond acceptors (Lipinski definition) is 5. The molecule has 0 unspecified atom stereocenters. The van der Waals surface area contributed by atoms with Gasteiger partial charge in [0.2, 0.25) is 5.82 Å². The standard InChI is InChI=1S/C21H17F6N5O2/c22-20(23,24)16-5-6-32-19(28-16)29-17(30-32)18(33)31-9-12-7-11(8-13(12)10-31)14-3-1-2-4-15(14)34-21(25,26)27/h1-6,11-13H,7-10H2/t11-,12-,13+. The maximum atomic E-state index is 12.9. The minimum Gasteiger partial charge on any atom is -0.405 e. The molecule has 5 rings (SSSR count). The highest BCUT2D eigenvalue weighted by molar-refractivity contribution is 5.91. The summed E-state index contributed by atoms with van der Waals surface area (Å²) in [4.78, 5) is 21.7. The lowest BCUT2D eigenvalue weighted by Crippen LogP contribution is -2.30. The van der Waals surface area contributed by atoms with Gasteiger partial charge in [-0.25, -0.2) is 9.50 Å². The van der Waals surface area contributed by atoms with E-state index in [-0.39, 0.29) is 35.1 Å². The molecule has 2 aromatic heterocycles. The Morgan fingerprint density at radius 2 is 1.65 bits per heavy atom. The molecule has 34 heavy (non-hydrogen) atoms. The fraction of sp³-hybridized carbons (Fsp3) is 0.429. The second kappa shape index (κ2) is 7.84. The topological polar surface area (TPSA) is 72.6 Å². The van der Waals surface area contributed by atoms with Crippen LogP contribution in [0, 0.1) is 11.8 Å². The largest absolute Gasteiger partial charge is 0.573 e. The van der Waals surface area contributed by atoms with E-state index in [0.717, 1.165) is 16.8 Å². The van der Waals surface area contributed by atoms with Crippen molar-refractivity contribution in [1.82, 2.24) is 24.5 Å². The van der Waals surface area contributed by atoms with Gasteiger partial charge in [0, 0.05) is 19.3 Å². The van der Waals surface area contributed by atoms with Crippen molar-refractivity contribution in [2.24, 2.45) is 11.8 Å². The number of carbonyl (C=O) groups is 1. The van der Waals surface area contributed by atoms with Crippen molar-refractivity contribution < 1.29 is 35.9 Å². The average molecular weight is 485 g/mol. The fourth-order valence-electron chi connectivity index (χ4n) is 4.92. The molecule has 3 atom stereocenters. The van der Waals surface area contributed by atoms with Crippen molar-refractivity contribution in [3.05, 3.63) is 53.6 Å². The number of fused-ring (bicyclic) bond motifs is 2. The summed E-state index contributed by atoms with van der Waals surface area (Å²) < 4.78 is 82.0. The van der Waals surface area contributed by atoms with E-state index in [0.29, 0.717) is 31.5 Å². The lowest BCUT2D eigenvalue weighted by atomic mass is 9.95. The molecule has 3 heterocycles. The number of benzene rings is 1. The third-order valence-electron chi connectivity index (χ3n) is 6.31. The summed E-state index contributed by atoms with van der Waals surface area (Å²) in [5, 5.41) is 3.94. The van der Waals surface area contributed by atoms with Crippen LogP contribution in [0.4, 0.5) is 26.3 Å². The Bertz CT molecular complexity index is 1230. The molecule has 3 aromatic rings. The first-order valence-corrected chi connectivity index (χ1v) is 10.4. The second-order valence-corrected chi connectivity index (χ2v) is 8.47. The normalized spacial score (nSPS) is 22.9. The van der Waals surface area contributed by atoms with Gasteiger partial charge in [-0.2, -0.15) is 18.2 Å². The van der Waals surface area contributed by atoms with Crippen LogP contribution in [0.5, 0.6) is 5.75 Å². The van der Waals surface area contributed by atoms with Crippen LogP contribution in [0.15, 0.2) is 36.5 Å². The number of nitrogens with zero attached hydrogens (tertiary/aromatic N) is 5. The Kier molecular flexibility index (Phi) is 5.17. The molecule has 1 aliphatic carbocycles. The Labute approximate surface area is 188 Å². The highest BCUT2D eigenvalue weighted by Gasteiger charge is 2.44. The van der Waals surface area contributed by atoms with E-state index in [1.54, 1.807) is 12.1 Å². The summed E-state index contributed by atoms with van der Waals surface area (Å²) in [7, 11) is 0. The first-order valence-electron chi connectivity index (χ1n) is 10.4. The van der Waals surface area contributed by atoms with E-state index >= 15 is 0 Å². The van der Waals surface area contributed by atoms with E-state index < -0.39 is 24.1 Å². The minimum atomic E-state index is -4.79. The third kappa shape index (κ3) is 4.26. The summed E-state index contributed by atoms with van der Waals surface area (Å²) in [5.41, 5.74) is -0.649. The Morgan fingerprint density at radius 1 is 0.971 bits per heavy atom. The van der Waals surface area contributed by atoms with Crippen LogP contribution in [0.1, 0.15) is 40.6 Å². The number of carbonyl (C=O) groups excluding carboxylic acids is 1. The number of ether oxygens (including phenoxy) is 1. The molecular weight excluding hydrogens is 468 g/mol. The molecular formula is C21H17F6N5O2. The van der Waals surface area contributed by atoms with Crippen molar-refractivity contribution in [2.75, 3.05) is 13.1 Å². The molecule has 1 aromatic carbocycles. The zero-order valence-electron chi connectivity index (χ0n) is 17.3. The molecule has 2 aliphatic rings. The number of likely N-dealkylation sites (tertiary alicyclic amines) is 1. The number of amides is 1. The van der Waals surface area contributed by atoms with Crippen LogP contribution >= 0.6 is 0 Å². The SMILES string of the molecule is O=C(c1nc2nc(C(F)(F)F)ccn2n1)N1C[C@H]2C[C@@H](c3ccccc3OC(F)(F)F)C[C@H]2C1. The molecule has 1 amide bonds. The Hall–Kier alpha value is -3.38. The van der Waals surface area contributed by atoms with Crippen molar-refractivity contribution in [2.45, 2.75) is 31.3 Å². The maximum Gasteiger partial charge on any atom is 0.573 e. The molecule has 2 fully saturated rings. The summed E-state index contributed by atoms with van der Waals surface area (Å²) in [5.74, 6) is -1.33. The van der Waals surface area contributed by atoms with Gasteiger partial charge in [0.05, 0.1) is 0 Å². The predicted molar refractivity (Wildman–Crippen MR) is 104 cm³/mol. The number of alkyl halides is 6. The van der Waals surface area contributed by atoms with Crippen LogP contribution < -0.4 is 4.74 Å². The quantitative estimate of drug-likeness (QED) is 0.517. The fourth-order valence-corrected chi connectivity index (χ4v) is 4.92. The average Bonchev–Trinajstić information content (AvgIpc) is 3.44. The summed E-state index contributed by atoms with van der Waals surface area (Å²) >= 11 is 0. The molecule has 0 N–H and O–H groups in total. The third-order valence-corrected chi connectivity index (χ3v) is 6.31. The maximum absolute atomic E-state index is 12.9. The van der Waals surface area contributed by atoms with Gasteiger partial charge in [0.1, 0.15) is 11.4 Å². The summed E-state index contributed by atoms with van der Waals surface area (Å²) in [6.45, 7) is 0.720. The van der Waals surface area contributed by atoms with Crippen molar-refractivity contribution in [3.8, 4) is 5.75 Å². The molecule has 0 radical (unpaired) electrons. The zero-order valence-corrected chi connectivity index (χ0v) is 17.3. The zero-order chi connectivity index (χ0) is 24.3. The predicted octanol–water partition coefficient (Wildman–Crippen LogP) is 4.31. The van der Waals surface area contributed by atoms with E-state index in [9.17, 15) is 31.1 Å². The first-order chi connectivity index (χ1) is 16.0. The lowest BCUT2D eigenvalue weighted by molar-refractivity contribution is -0.275. The number of para-hydroxylation sites is 1. The minimum absolute atomic E-state index is 0.0693. The molecule has 0 spiro atoms. The molecule has 13 heteroatoms. The molecule has 180 valence electrons. The smallest absolute Gasteiger partial charge is 0.405 e. The molecule has 0 bridgehead atoms. The van der Waals surface area contributed by atoms with Gasteiger partial charge >= 0.3 is 12.5 Å². The number of hydrogen-bond donors (Lipinski definition) is 0. The number of halogens is 6. The van der Waals surface area contributed by atoms with E-state index in [4.69, 9.17) is 0 Å². The number of aromatic nitrogens is 4. The summed E-state index contributed by atoms with van der Waals surface area (Å²) in [6.07, 6.45) is -7.22. The van der Waals surface area contributed by atoms with Gasteiger partial charge in [-0.15, -0.1) is 18.3 Å². The van der Waals surface area contributed by atoms with Gasteiger partial charge in [-0.05, 0) is 48.3 Å². The monoisotopic (exact) mass is 485 g/mol. The van der Waals surface area contributed by atoms with Crippen LogP contribution in [-0.4, -0.2) is 49.8 Å². The van der Waals surface area contributed by atoms with Gasteiger partial charge in [0.25, 0.3) is 11.7 Å². The van der Waals surface area contributed by atoms with Crippen molar-refractivity contribution >= 4 is 11.7 Å². The van der Waals surface area contributed by atoms with Crippen molar-refractivity contribution in [3.63, 3.8) is 0 Å². The van der Waals surface area contributed by atoms with Gasteiger partial charge < -0.3 is 9.64 Å². The van der Waals surface area contributed by atoms with Crippen LogP contribution in [0.3, 0.4) is 0 Å². The molecule has 7 nitrogen and oxygen atoms in total. The van der Waals surface area contributed by atoms with Gasteiger partial charge in [0.15, 0.2) is 0 Å². The van der Waals surface area contributed by atoms with Crippen LogP contribution in [0.2, 0.25) is 0 Å². The van der Waals surface area contributed by atoms with Crippen LogP contribution in [0.25, 0.3) is 5.78 Å². The molecule has 1 saturated heterocycles. The van der Waals surface area contributed by atoms with Crippen molar-refractivity contribution in [1.29, 1.82) is 0 Å². The second-order valence-electron chi connectivity index (χ2n) is 8.47. The number of rotatable bonds is 3. The molecule has 1 aliphatic heterocycles. The summed E-state index contributed by atoms with van der Waals surface area (Å²) in [6, 6.07) is 6.81. The lowest BCUT2D eigenvalue weighted by Gasteiger charge is -2.20. The Balaban J connectivity index is 1.28. The van der Waals surface area contributed by atoms with Gasteiger partial charge in [-0.3, -0.25) is 4.79 Å². The van der Waals surface area contributed by atoms with Gasteiger partial charge in [-0.1, -0.05) is 18.2 Å². The van der Waals surface area contributed by atoms with E-state index in [1.165, 1.54) is 17.0 Å². The Morgan fingerprint density at radius 3 is 2.29 bits per heavy atom. The van der Waals surface area contributed by atoms with Crippen LogP contribution in [-0.2, 0) is 6.18 Å².